The van der Waals surface area contributed by atoms with Crippen molar-refractivity contribution in [2.75, 3.05) is 19.8 Å². The van der Waals surface area contributed by atoms with Crippen LogP contribution in [0.3, 0.4) is 0 Å². The topological polar surface area (TPSA) is 12.0 Å². The molecular weight excluding hydrogens is 278 g/mol. The van der Waals surface area contributed by atoms with Crippen molar-refractivity contribution >= 4 is 11.8 Å². The van der Waals surface area contributed by atoms with E-state index in [9.17, 15) is 17.6 Å². The number of nitrogens with one attached hydrogen (secondary N) is 1. The Morgan fingerprint density at radius 1 is 1.37 bits per heavy atom. The van der Waals surface area contributed by atoms with Crippen LogP contribution < -0.4 is 5.32 Å². The van der Waals surface area contributed by atoms with Gasteiger partial charge in [-0.15, -0.1) is 11.8 Å². The highest BCUT2D eigenvalue weighted by Gasteiger charge is 2.40. The molecule has 0 saturated heterocycles. The van der Waals surface area contributed by atoms with Gasteiger partial charge >= 0.3 is 6.18 Å². The van der Waals surface area contributed by atoms with E-state index in [-0.39, 0.29) is 17.2 Å². The standard InChI is InChI=1S/C13H19F4NS/c1-18-6-4-3-5-9-7-10(13(15,16)17)12(14)11(8-9)19-2/h8-9,18H,3-7H2,1-2H3. The Morgan fingerprint density at radius 2 is 2.05 bits per heavy atom. The van der Waals surface area contributed by atoms with Crippen LogP contribution in [0.4, 0.5) is 17.6 Å². The fourth-order valence-corrected chi connectivity index (χ4v) is 2.77. The molecule has 0 radical (unpaired) electrons. The van der Waals surface area contributed by atoms with Crippen molar-refractivity contribution in [3.05, 3.63) is 22.4 Å². The molecule has 19 heavy (non-hydrogen) atoms. The van der Waals surface area contributed by atoms with Crippen LogP contribution in [0.2, 0.25) is 0 Å². The molecule has 0 spiro atoms. The van der Waals surface area contributed by atoms with E-state index in [2.05, 4.69) is 5.32 Å². The molecule has 1 aliphatic rings. The summed E-state index contributed by atoms with van der Waals surface area (Å²) in [6, 6.07) is 0. The lowest BCUT2D eigenvalue weighted by Crippen LogP contribution is -2.20. The van der Waals surface area contributed by atoms with Crippen LogP contribution in [-0.4, -0.2) is 26.0 Å². The van der Waals surface area contributed by atoms with Gasteiger partial charge in [-0.25, -0.2) is 4.39 Å². The number of alkyl halides is 3. The molecule has 0 fully saturated rings. The van der Waals surface area contributed by atoms with E-state index in [1.165, 1.54) is 0 Å². The molecule has 1 N–H and O–H groups in total. The van der Waals surface area contributed by atoms with E-state index in [4.69, 9.17) is 0 Å². The first-order chi connectivity index (χ1) is 8.90. The lowest BCUT2D eigenvalue weighted by molar-refractivity contribution is -0.0970. The van der Waals surface area contributed by atoms with Gasteiger partial charge < -0.3 is 5.32 Å². The molecule has 1 rings (SSSR count). The molecule has 0 saturated carbocycles. The van der Waals surface area contributed by atoms with Gasteiger partial charge in [-0.2, -0.15) is 13.2 Å². The number of halogens is 4. The van der Waals surface area contributed by atoms with Gasteiger partial charge in [0.25, 0.3) is 0 Å². The first-order valence-corrected chi connectivity index (χ1v) is 7.49. The Hall–Kier alpha value is -0.490. The van der Waals surface area contributed by atoms with E-state index in [1.807, 2.05) is 7.05 Å². The fourth-order valence-electron chi connectivity index (χ4n) is 2.14. The summed E-state index contributed by atoms with van der Waals surface area (Å²) in [6.45, 7) is 0.849. The second-order valence-electron chi connectivity index (χ2n) is 4.59. The molecule has 0 aliphatic heterocycles. The highest BCUT2D eigenvalue weighted by atomic mass is 32.2. The van der Waals surface area contributed by atoms with Crippen molar-refractivity contribution in [1.29, 1.82) is 0 Å². The molecule has 0 bridgehead atoms. The third-order valence-corrected chi connectivity index (χ3v) is 3.90. The maximum atomic E-state index is 13.7. The molecule has 0 amide bonds. The quantitative estimate of drug-likeness (QED) is 0.575. The minimum atomic E-state index is -4.57. The minimum Gasteiger partial charge on any atom is -0.320 e. The van der Waals surface area contributed by atoms with Crippen molar-refractivity contribution in [2.24, 2.45) is 5.92 Å². The molecule has 0 heterocycles. The van der Waals surface area contributed by atoms with Gasteiger partial charge in [-0.1, -0.05) is 12.5 Å². The summed E-state index contributed by atoms with van der Waals surface area (Å²) in [7, 11) is 1.84. The second kappa shape index (κ2) is 7.33. The molecule has 6 heteroatoms. The highest BCUT2D eigenvalue weighted by Crippen LogP contribution is 2.43. The zero-order valence-corrected chi connectivity index (χ0v) is 11.9. The monoisotopic (exact) mass is 297 g/mol. The largest absolute Gasteiger partial charge is 0.415 e. The van der Waals surface area contributed by atoms with Crippen molar-refractivity contribution in [3.8, 4) is 0 Å². The van der Waals surface area contributed by atoms with Gasteiger partial charge in [-0.05, 0) is 45.0 Å². The van der Waals surface area contributed by atoms with Crippen molar-refractivity contribution < 1.29 is 17.6 Å². The van der Waals surface area contributed by atoms with Crippen molar-refractivity contribution in [1.82, 2.24) is 5.32 Å². The Balaban J connectivity index is 2.72. The van der Waals surface area contributed by atoms with Crippen molar-refractivity contribution in [3.63, 3.8) is 0 Å². The van der Waals surface area contributed by atoms with Crippen LogP contribution in [0.1, 0.15) is 25.7 Å². The van der Waals surface area contributed by atoms with Crippen LogP contribution in [0, 0.1) is 5.92 Å². The summed E-state index contributed by atoms with van der Waals surface area (Å²) in [6.07, 6.45) is 0.872. The summed E-state index contributed by atoms with van der Waals surface area (Å²) in [4.78, 5) is 0.122. The van der Waals surface area contributed by atoms with Gasteiger partial charge in [0.1, 0.15) is 5.83 Å². The Kier molecular flexibility index (Phi) is 6.39. The van der Waals surface area contributed by atoms with E-state index in [0.717, 1.165) is 31.1 Å². The molecule has 1 atom stereocenters. The molecule has 0 aromatic heterocycles. The Morgan fingerprint density at radius 3 is 2.58 bits per heavy atom. The predicted octanol–water partition coefficient (Wildman–Crippen LogP) is 4.43. The van der Waals surface area contributed by atoms with Gasteiger partial charge in [-0.3, -0.25) is 0 Å². The normalized spacial score (nSPS) is 20.7. The molecule has 0 aromatic carbocycles. The number of hydrogen-bond donors (Lipinski definition) is 1. The number of thioether (sulfide) groups is 1. The average molecular weight is 297 g/mol. The Labute approximate surface area is 115 Å². The summed E-state index contributed by atoms with van der Waals surface area (Å²) in [5, 5.41) is 3.00. The Bertz CT molecular complexity index is 360. The van der Waals surface area contributed by atoms with Gasteiger partial charge in [0, 0.05) is 4.91 Å². The zero-order chi connectivity index (χ0) is 14.5. The fraction of sp³-hybridized carbons (Fsp3) is 0.692. The van der Waals surface area contributed by atoms with Crippen LogP contribution in [-0.2, 0) is 0 Å². The first kappa shape index (κ1) is 16.6. The highest BCUT2D eigenvalue weighted by molar-refractivity contribution is 8.02. The first-order valence-electron chi connectivity index (χ1n) is 6.26. The van der Waals surface area contributed by atoms with Crippen LogP contribution in [0.25, 0.3) is 0 Å². The summed E-state index contributed by atoms with van der Waals surface area (Å²) in [5.74, 6) is -1.30. The van der Waals surface area contributed by atoms with Crippen LogP contribution >= 0.6 is 11.8 Å². The molecule has 1 unspecified atom stereocenters. The molecule has 0 aromatic rings. The van der Waals surface area contributed by atoms with E-state index in [1.54, 1.807) is 12.3 Å². The zero-order valence-electron chi connectivity index (χ0n) is 11.1. The van der Waals surface area contributed by atoms with Gasteiger partial charge in [0.05, 0.1) is 5.57 Å². The molecule has 110 valence electrons. The SMILES string of the molecule is CNCCCCC1C=C(SC)C(F)=C(C(F)(F)F)C1. The summed E-state index contributed by atoms with van der Waals surface area (Å²) in [5.41, 5.74) is -1.00. The van der Waals surface area contributed by atoms with E-state index in [0.29, 0.717) is 6.42 Å². The third-order valence-electron chi connectivity index (χ3n) is 3.15. The van der Waals surface area contributed by atoms with E-state index >= 15 is 0 Å². The summed E-state index contributed by atoms with van der Waals surface area (Å²) < 4.78 is 52.0. The minimum absolute atomic E-state index is 0.122. The van der Waals surface area contributed by atoms with Crippen LogP contribution in [0.5, 0.6) is 0 Å². The number of hydrogen-bond acceptors (Lipinski definition) is 2. The maximum Gasteiger partial charge on any atom is 0.415 e. The third kappa shape index (κ3) is 4.84. The lowest BCUT2D eigenvalue weighted by atomic mass is 9.89. The van der Waals surface area contributed by atoms with Crippen molar-refractivity contribution in [2.45, 2.75) is 31.9 Å². The van der Waals surface area contributed by atoms with Crippen LogP contribution in [0.15, 0.2) is 22.4 Å². The smallest absolute Gasteiger partial charge is 0.320 e. The summed E-state index contributed by atoms with van der Waals surface area (Å²) >= 11 is 1.04. The molecular formula is C13H19F4NS. The number of unbranched alkanes of at least 4 members (excludes halogenated alkanes) is 1. The number of rotatable bonds is 6. The van der Waals surface area contributed by atoms with Gasteiger partial charge in [0.2, 0.25) is 0 Å². The van der Waals surface area contributed by atoms with Gasteiger partial charge in [0.15, 0.2) is 0 Å². The van der Waals surface area contributed by atoms with E-state index < -0.39 is 17.6 Å². The second-order valence-corrected chi connectivity index (χ2v) is 5.44. The number of allylic oxidation sites excluding steroid dienone is 3. The average Bonchev–Trinajstić information content (AvgIpc) is 2.34. The predicted molar refractivity (Wildman–Crippen MR) is 71.7 cm³/mol. The molecule has 1 aliphatic carbocycles. The lowest BCUT2D eigenvalue weighted by Gasteiger charge is -2.24. The molecule has 1 nitrogen and oxygen atoms in total. The maximum absolute atomic E-state index is 13.7.